The fourth-order valence-corrected chi connectivity index (χ4v) is 6.33. The molecule has 0 unspecified atom stereocenters. The first-order valence-corrected chi connectivity index (χ1v) is 14.0. The molecule has 0 spiro atoms. The van der Waals surface area contributed by atoms with Crippen LogP contribution in [0.1, 0.15) is 62.8 Å². The molecule has 2 aliphatic rings. The van der Waals surface area contributed by atoms with Gasteiger partial charge in [0.1, 0.15) is 6.07 Å². The summed E-state index contributed by atoms with van der Waals surface area (Å²) in [6.45, 7) is 1.44. The Hall–Kier alpha value is -3.39. The van der Waals surface area contributed by atoms with Crippen LogP contribution in [0.5, 0.6) is 0 Å². The zero-order valence-electron chi connectivity index (χ0n) is 23.8. The van der Waals surface area contributed by atoms with Crippen molar-refractivity contribution < 1.29 is 14.7 Å². The molecule has 1 heterocycles. The molecule has 2 aromatic rings. The molecule has 1 aromatic carbocycles. The molecule has 2 amide bonds. The fraction of sp³-hybridized carbons (Fsp3) is 0.567. The van der Waals surface area contributed by atoms with E-state index in [4.69, 9.17) is 5.26 Å². The van der Waals surface area contributed by atoms with Crippen molar-refractivity contribution in [1.29, 1.82) is 5.26 Å². The Balaban J connectivity index is 1.47. The number of benzene rings is 1. The van der Waals surface area contributed by atoms with Crippen molar-refractivity contribution >= 4 is 18.0 Å². The van der Waals surface area contributed by atoms with Gasteiger partial charge in [0, 0.05) is 31.6 Å². The van der Waals surface area contributed by atoms with Gasteiger partial charge in [-0.05, 0) is 71.7 Å². The standard InChI is InChI=1S/C30H41N7O3/c1-35(2)30(24-8-5-4-6-9-24)15-13-28(14-16-30,37(23-38)22-29(40)11-7-12-29)21-36(3)17-10-27(39)34-25-19-32-26(18-31)33-20-25/h4-6,8-9,19-20,23,40H,7,10-17,21-22H2,1-3H3,(H,34,39). The van der Waals surface area contributed by atoms with Crippen LogP contribution in [0.15, 0.2) is 42.7 Å². The van der Waals surface area contributed by atoms with Crippen molar-refractivity contribution in [3.05, 3.63) is 54.1 Å². The highest BCUT2D eigenvalue weighted by Gasteiger charge is 2.50. The average molecular weight is 548 g/mol. The lowest BCUT2D eigenvalue weighted by Gasteiger charge is -2.55. The Morgan fingerprint density at radius 2 is 1.70 bits per heavy atom. The lowest BCUT2D eigenvalue weighted by molar-refractivity contribution is -0.141. The maximum absolute atomic E-state index is 12.6. The number of carbonyl (C=O) groups excluding carboxylic acids is 2. The Labute approximate surface area is 237 Å². The predicted octanol–water partition coefficient (Wildman–Crippen LogP) is 2.75. The summed E-state index contributed by atoms with van der Waals surface area (Å²) in [7, 11) is 6.22. The van der Waals surface area contributed by atoms with E-state index in [1.807, 2.05) is 24.1 Å². The second-order valence-electron chi connectivity index (χ2n) is 11.8. The summed E-state index contributed by atoms with van der Waals surface area (Å²) in [6, 6.07) is 12.4. The van der Waals surface area contributed by atoms with Crippen LogP contribution in [0.25, 0.3) is 0 Å². The Bertz CT molecular complexity index is 1180. The van der Waals surface area contributed by atoms with Gasteiger partial charge in [-0.1, -0.05) is 30.3 Å². The van der Waals surface area contributed by atoms with Crippen molar-refractivity contribution in [2.24, 2.45) is 0 Å². The minimum Gasteiger partial charge on any atom is -0.388 e. The number of carbonyl (C=O) groups is 2. The largest absolute Gasteiger partial charge is 0.388 e. The number of hydrogen-bond acceptors (Lipinski definition) is 8. The first kappa shape index (κ1) is 29.6. The van der Waals surface area contributed by atoms with Gasteiger partial charge in [0.05, 0.1) is 29.2 Å². The van der Waals surface area contributed by atoms with E-state index in [9.17, 15) is 14.7 Å². The van der Waals surface area contributed by atoms with E-state index in [0.29, 0.717) is 38.2 Å². The van der Waals surface area contributed by atoms with Gasteiger partial charge in [0.2, 0.25) is 18.1 Å². The molecule has 10 nitrogen and oxygen atoms in total. The maximum atomic E-state index is 12.6. The Morgan fingerprint density at radius 1 is 1.05 bits per heavy atom. The normalized spacial score (nSPS) is 23.7. The third-order valence-corrected chi connectivity index (χ3v) is 8.98. The lowest BCUT2D eigenvalue weighted by atomic mass is 9.67. The smallest absolute Gasteiger partial charge is 0.232 e. The number of aliphatic hydroxyl groups is 1. The van der Waals surface area contributed by atoms with Crippen molar-refractivity contribution in [2.45, 2.75) is 68.0 Å². The average Bonchev–Trinajstić information content (AvgIpc) is 2.95. The third-order valence-electron chi connectivity index (χ3n) is 8.98. The van der Waals surface area contributed by atoms with E-state index in [-0.39, 0.29) is 23.7 Å². The summed E-state index contributed by atoms with van der Waals surface area (Å²) >= 11 is 0. The van der Waals surface area contributed by atoms with Gasteiger partial charge in [-0.15, -0.1) is 0 Å². The molecule has 2 saturated carbocycles. The topological polar surface area (TPSA) is 126 Å². The Morgan fingerprint density at radius 3 is 2.23 bits per heavy atom. The number of amides is 2. The summed E-state index contributed by atoms with van der Waals surface area (Å²) in [6.07, 6.45) is 9.75. The summed E-state index contributed by atoms with van der Waals surface area (Å²) in [5.41, 5.74) is 0.324. The van der Waals surface area contributed by atoms with Gasteiger partial charge in [-0.25, -0.2) is 9.97 Å². The Kier molecular flexibility index (Phi) is 9.19. The molecule has 0 saturated heterocycles. The molecule has 4 rings (SSSR count). The highest BCUT2D eigenvalue weighted by atomic mass is 16.3. The van der Waals surface area contributed by atoms with Crippen molar-refractivity contribution in [1.82, 2.24) is 24.7 Å². The summed E-state index contributed by atoms with van der Waals surface area (Å²) in [4.78, 5) is 39.3. The number of anilines is 1. The lowest BCUT2D eigenvalue weighted by Crippen LogP contribution is -2.63. The van der Waals surface area contributed by atoms with Crippen molar-refractivity contribution in [3.8, 4) is 6.07 Å². The van der Waals surface area contributed by atoms with Gasteiger partial charge in [-0.2, -0.15) is 5.26 Å². The van der Waals surface area contributed by atoms with Crippen LogP contribution in [0, 0.1) is 11.3 Å². The summed E-state index contributed by atoms with van der Waals surface area (Å²) in [5.74, 6) is -0.128. The molecule has 0 aliphatic heterocycles. The van der Waals surface area contributed by atoms with E-state index >= 15 is 0 Å². The molecule has 0 bridgehead atoms. The van der Waals surface area contributed by atoms with E-state index in [2.05, 4.69) is 63.4 Å². The van der Waals surface area contributed by atoms with E-state index in [1.165, 1.54) is 18.0 Å². The predicted molar refractivity (Wildman–Crippen MR) is 152 cm³/mol. The number of nitrogens with zero attached hydrogens (tertiary/aromatic N) is 6. The number of β-amino-alcohol motifs (C(OH)–C–C–N with tert-alkyl or cyclic N) is 1. The molecular weight excluding hydrogens is 506 g/mol. The highest BCUT2D eigenvalue weighted by molar-refractivity contribution is 5.90. The van der Waals surface area contributed by atoms with Gasteiger partial charge in [0.15, 0.2) is 0 Å². The number of likely N-dealkylation sites (N-methyl/N-ethyl adjacent to an activating group) is 1. The zero-order valence-corrected chi connectivity index (χ0v) is 23.8. The van der Waals surface area contributed by atoms with Crippen LogP contribution in [-0.2, 0) is 15.1 Å². The molecule has 2 N–H and O–H groups in total. The summed E-state index contributed by atoms with van der Waals surface area (Å²) in [5, 5.41) is 22.6. The SMILES string of the molecule is CN(CCC(=O)Nc1cnc(C#N)nc1)CC1(N(C=O)CC2(O)CCC2)CCC(c2ccccc2)(N(C)C)CC1. The number of nitrogens with one attached hydrogen (secondary N) is 1. The molecule has 214 valence electrons. The van der Waals surface area contributed by atoms with Crippen LogP contribution in [0.2, 0.25) is 0 Å². The van der Waals surface area contributed by atoms with E-state index in [0.717, 1.165) is 38.5 Å². The highest BCUT2D eigenvalue weighted by Crippen LogP contribution is 2.47. The second-order valence-corrected chi connectivity index (χ2v) is 11.8. The van der Waals surface area contributed by atoms with Crippen LogP contribution in [0.4, 0.5) is 5.69 Å². The first-order valence-electron chi connectivity index (χ1n) is 14.0. The maximum Gasteiger partial charge on any atom is 0.232 e. The van der Waals surface area contributed by atoms with Crippen LogP contribution >= 0.6 is 0 Å². The van der Waals surface area contributed by atoms with E-state index in [1.54, 1.807) is 0 Å². The molecule has 1 aromatic heterocycles. The van der Waals surface area contributed by atoms with E-state index < -0.39 is 11.1 Å². The molecule has 0 atom stereocenters. The molecule has 0 radical (unpaired) electrons. The van der Waals surface area contributed by atoms with Crippen LogP contribution in [0.3, 0.4) is 0 Å². The minimum absolute atomic E-state index is 0.0485. The minimum atomic E-state index is -0.814. The molecule has 10 heteroatoms. The van der Waals surface area contributed by atoms with Gasteiger partial charge >= 0.3 is 0 Å². The van der Waals surface area contributed by atoms with Crippen molar-refractivity contribution in [3.63, 3.8) is 0 Å². The number of aromatic nitrogens is 2. The fourth-order valence-electron chi connectivity index (χ4n) is 6.33. The first-order chi connectivity index (χ1) is 19.1. The molecule has 40 heavy (non-hydrogen) atoms. The van der Waals surface area contributed by atoms with Crippen molar-refractivity contribution in [2.75, 3.05) is 46.1 Å². The quantitative estimate of drug-likeness (QED) is 0.389. The zero-order chi connectivity index (χ0) is 28.8. The summed E-state index contributed by atoms with van der Waals surface area (Å²) < 4.78 is 0. The van der Waals surface area contributed by atoms with Gasteiger partial charge < -0.3 is 20.2 Å². The van der Waals surface area contributed by atoms with Gasteiger partial charge in [-0.3, -0.25) is 14.5 Å². The number of hydrogen-bond donors (Lipinski definition) is 2. The van der Waals surface area contributed by atoms with Crippen LogP contribution in [-0.4, -0.2) is 94.0 Å². The molecule has 2 aliphatic carbocycles. The monoisotopic (exact) mass is 547 g/mol. The van der Waals surface area contributed by atoms with Gasteiger partial charge in [0.25, 0.3) is 0 Å². The second kappa shape index (κ2) is 12.4. The molecular formula is C30H41N7O3. The third kappa shape index (κ3) is 6.49. The number of rotatable bonds is 12. The van der Waals surface area contributed by atoms with Crippen LogP contribution < -0.4 is 5.32 Å². The molecule has 2 fully saturated rings. The number of nitriles is 1.